The lowest BCUT2D eigenvalue weighted by Gasteiger charge is -2.04. The van der Waals surface area contributed by atoms with Gasteiger partial charge in [-0.2, -0.15) is 0 Å². The van der Waals surface area contributed by atoms with Crippen molar-refractivity contribution < 1.29 is 19.2 Å². The molecule has 0 aliphatic rings. The van der Waals surface area contributed by atoms with Crippen LogP contribution in [0, 0.1) is 10.1 Å². The Kier molecular flexibility index (Phi) is 3.82. The number of nitro groups is 1. The van der Waals surface area contributed by atoms with E-state index in [0.717, 1.165) is 0 Å². The van der Waals surface area contributed by atoms with Crippen LogP contribution in [0.3, 0.4) is 0 Å². The quantitative estimate of drug-likeness (QED) is 0.438. The zero-order valence-electron chi connectivity index (χ0n) is 8.93. The SMILES string of the molecule is COC(=O)Cc1ccc(OC)c([N+](=O)[O-])c1. The Morgan fingerprint density at radius 1 is 1.44 bits per heavy atom. The lowest BCUT2D eigenvalue weighted by Crippen LogP contribution is -2.05. The highest BCUT2D eigenvalue weighted by molar-refractivity contribution is 5.73. The molecule has 0 unspecified atom stereocenters. The highest BCUT2D eigenvalue weighted by atomic mass is 16.6. The number of rotatable bonds is 4. The summed E-state index contributed by atoms with van der Waals surface area (Å²) in [5.41, 5.74) is 0.350. The summed E-state index contributed by atoms with van der Waals surface area (Å²) >= 11 is 0. The Bertz CT molecular complexity index is 416. The second-order valence-electron chi connectivity index (χ2n) is 3.02. The van der Waals surface area contributed by atoms with Crippen molar-refractivity contribution in [1.29, 1.82) is 0 Å². The lowest BCUT2D eigenvalue weighted by molar-refractivity contribution is -0.385. The van der Waals surface area contributed by atoms with Crippen LogP contribution < -0.4 is 4.74 Å². The molecule has 0 heterocycles. The van der Waals surface area contributed by atoms with Gasteiger partial charge in [-0.15, -0.1) is 0 Å². The van der Waals surface area contributed by atoms with Gasteiger partial charge in [-0.25, -0.2) is 0 Å². The summed E-state index contributed by atoms with van der Waals surface area (Å²) in [5.74, 6) is -0.280. The number of nitro benzene ring substituents is 1. The first-order chi connectivity index (χ1) is 7.58. The Hall–Kier alpha value is -2.11. The fourth-order valence-electron chi connectivity index (χ4n) is 1.23. The molecular weight excluding hydrogens is 214 g/mol. The van der Waals surface area contributed by atoms with Crippen LogP contribution in [0.25, 0.3) is 0 Å². The molecular formula is C10H11NO5. The van der Waals surface area contributed by atoms with E-state index in [-0.39, 0.29) is 17.9 Å². The second kappa shape index (κ2) is 5.11. The molecule has 0 amide bonds. The van der Waals surface area contributed by atoms with Gasteiger partial charge in [-0.05, 0) is 11.6 Å². The van der Waals surface area contributed by atoms with Crippen molar-refractivity contribution in [3.8, 4) is 5.75 Å². The summed E-state index contributed by atoms with van der Waals surface area (Å²) in [6.07, 6.45) is 0.00132. The number of hydrogen-bond acceptors (Lipinski definition) is 5. The molecule has 16 heavy (non-hydrogen) atoms. The van der Waals surface area contributed by atoms with Crippen LogP contribution >= 0.6 is 0 Å². The number of methoxy groups -OCH3 is 2. The average molecular weight is 225 g/mol. The van der Waals surface area contributed by atoms with E-state index in [0.29, 0.717) is 5.56 Å². The molecule has 6 heteroatoms. The van der Waals surface area contributed by atoms with Gasteiger partial charge in [-0.1, -0.05) is 6.07 Å². The van der Waals surface area contributed by atoms with Crippen LogP contribution in [0.1, 0.15) is 5.56 Å². The van der Waals surface area contributed by atoms with E-state index < -0.39 is 10.9 Å². The van der Waals surface area contributed by atoms with Crippen molar-refractivity contribution >= 4 is 11.7 Å². The molecule has 0 aliphatic heterocycles. The van der Waals surface area contributed by atoms with E-state index in [9.17, 15) is 14.9 Å². The van der Waals surface area contributed by atoms with Crippen LogP contribution in [0.5, 0.6) is 5.75 Å². The van der Waals surface area contributed by atoms with E-state index >= 15 is 0 Å². The van der Waals surface area contributed by atoms with Gasteiger partial charge in [0.25, 0.3) is 0 Å². The number of benzene rings is 1. The molecule has 0 saturated carbocycles. The summed E-state index contributed by atoms with van der Waals surface area (Å²) in [7, 11) is 2.61. The zero-order chi connectivity index (χ0) is 12.1. The first-order valence-electron chi connectivity index (χ1n) is 4.46. The van der Waals surface area contributed by atoms with Gasteiger partial charge in [-0.3, -0.25) is 14.9 Å². The lowest BCUT2D eigenvalue weighted by atomic mass is 10.1. The predicted octanol–water partition coefficient (Wildman–Crippen LogP) is 1.32. The normalized spacial score (nSPS) is 9.62. The van der Waals surface area contributed by atoms with Crippen molar-refractivity contribution in [3.63, 3.8) is 0 Å². The molecule has 1 aromatic carbocycles. The third kappa shape index (κ3) is 2.69. The highest BCUT2D eigenvalue weighted by Gasteiger charge is 2.16. The van der Waals surface area contributed by atoms with Gasteiger partial charge in [0.1, 0.15) is 0 Å². The Morgan fingerprint density at radius 2 is 2.12 bits per heavy atom. The Morgan fingerprint density at radius 3 is 2.62 bits per heavy atom. The van der Waals surface area contributed by atoms with Crippen molar-refractivity contribution in [1.82, 2.24) is 0 Å². The predicted molar refractivity (Wildman–Crippen MR) is 55.4 cm³/mol. The number of ether oxygens (including phenoxy) is 2. The molecule has 0 aromatic heterocycles. The monoisotopic (exact) mass is 225 g/mol. The first kappa shape index (κ1) is 12.0. The maximum absolute atomic E-state index is 11.0. The standard InChI is InChI=1S/C10H11NO5/c1-15-9-4-3-7(6-10(12)16-2)5-8(9)11(13)14/h3-5H,6H2,1-2H3. The van der Waals surface area contributed by atoms with Crippen molar-refractivity contribution in [2.45, 2.75) is 6.42 Å². The van der Waals surface area contributed by atoms with Crippen molar-refractivity contribution in [2.24, 2.45) is 0 Å². The van der Waals surface area contributed by atoms with Crippen molar-refractivity contribution in [2.75, 3.05) is 14.2 Å². The molecule has 0 atom stereocenters. The summed E-state index contributed by atoms with van der Waals surface area (Å²) in [6.45, 7) is 0. The van der Waals surface area contributed by atoms with Gasteiger partial charge in [0, 0.05) is 6.07 Å². The van der Waals surface area contributed by atoms with Gasteiger partial charge in [0.05, 0.1) is 25.6 Å². The van der Waals surface area contributed by atoms with Gasteiger partial charge in [0.2, 0.25) is 0 Å². The molecule has 1 rings (SSSR count). The van der Waals surface area contributed by atoms with Crippen LogP contribution in [0.4, 0.5) is 5.69 Å². The number of carbonyl (C=O) groups is 1. The molecule has 0 N–H and O–H groups in total. The Balaban J connectivity index is 3.02. The van der Waals surface area contributed by atoms with Gasteiger partial charge >= 0.3 is 11.7 Å². The van der Waals surface area contributed by atoms with Crippen LogP contribution in [-0.2, 0) is 16.0 Å². The van der Waals surface area contributed by atoms with E-state index in [1.807, 2.05) is 0 Å². The summed E-state index contributed by atoms with van der Waals surface area (Å²) < 4.78 is 9.31. The highest BCUT2D eigenvalue weighted by Crippen LogP contribution is 2.27. The molecule has 0 fully saturated rings. The molecule has 0 radical (unpaired) electrons. The summed E-state index contributed by atoms with van der Waals surface area (Å²) in [6, 6.07) is 4.34. The van der Waals surface area contributed by atoms with Crippen LogP contribution in [0.15, 0.2) is 18.2 Å². The van der Waals surface area contributed by atoms with Crippen molar-refractivity contribution in [3.05, 3.63) is 33.9 Å². The summed E-state index contributed by atoms with van der Waals surface area (Å²) in [4.78, 5) is 21.1. The fourth-order valence-corrected chi connectivity index (χ4v) is 1.23. The maximum atomic E-state index is 11.0. The van der Waals surface area contributed by atoms with Crippen LogP contribution in [0.2, 0.25) is 0 Å². The largest absolute Gasteiger partial charge is 0.490 e. The number of carbonyl (C=O) groups excluding carboxylic acids is 1. The minimum atomic E-state index is -0.556. The third-order valence-electron chi connectivity index (χ3n) is 2.02. The van der Waals surface area contributed by atoms with E-state index in [1.54, 1.807) is 6.07 Å². The number of hydrogen-bond donors (Lipinski definition) is 0. The average Bonchev–Trinajstić information content (AvgIpc) is 2.28. The minimum Gasteiger partial charge on any atom is -0.490 e. The van der Waals surface area contributed by atoms with Crippen LogP contribution in [-0.4, -0.2) is 25.1 Å². The topological polar surface area (TPSA) is 78.7 Å². The molecule has 6 nitrogen and oxygen atoms in total. The first-order valence-corrected chi connectivity index (χ1v) is 4.46. The van der Waals surface area contributed by atoms with E-state index in [2.05, 4.69) is 4.74 Å². The molecule has 0 saturated heterocycles. The maximum Gasteiger partial charge on any atom is 0.311 e. The fraction of sp³-hybridized carbons (Fsp3) is 0.300. The van der Waals surface area contributed by atoms with Gasteiger partial charge < -0.3 is 9.47 Å². The van der Waals surface area contributed by atoms with E-state index in [4.69, 9.17) is 4.74 Å². The summed E-state index contributed by atoms with van der Waals surface area (Å²) in [5, 5.41) is 10.7. The number of esters is 1. The van der Waals surface area contributed by atoms with Gasteiger partial charge in [0.15, 0.2) is 5.75 Å². The Labute approximate surface area is 91.9 Å². The zero-order valence-corrected chi connectivity index (χ0v) is 8.93. The molecule has 1 aromatic rings. The minimum absolute atomic E-state index is 0.00132. The smallest absolute Gasteiger partial charge is 0.311 e. The molecule has 0 aliphatic carbocycles. The number of nitrogens with zero attached hydrogens (tertiary/aromatic N) is 1. The molecule has 86 valence electrons. The molecule has 0 bridgehead atoms. The second-order valence-corrected chi connectivity index (χ2v) is 3.02. The third-order valence-corrected chi connectivity index (χ3v) is 2.02. The molecule has 0 spiro atoms. The van der Waals surface area contributed by atoms with E-state index in [1.165, 1.54) is 26.4 Å².